The lowest BCUT2D eigenvalue weighted by Crippen LogP contribution is -2.44. The van der Waals surface area contributed by atoms with E-state index in [-0.39, 0.29) is 11.2 Å². The van der Waals surface area contributed by atoms with Gasteiger partial charge < -0.3 is 9.15 Å². The van der Waals surface area contributed by atoms with Crippen LogP contribution in [0.25, 0.3) is 22.1 Å². The zero-order valence-corrected chi connectivity index (χ0v) is 18.2. The molecule has 1 aromatic heterocycles. The van der Waals surface area contributed by atoms with Gasteiger partial charge in [-0.25, -0.2) is 4.79 Å². The first-order valence-corrected chi connectivity index (χ1v) is 11.2. The SMILES string of the molecule is CC(C)(C)C1CCC2(CCc3cc4c(-c5ccccc5)cc(=O)oc4cc3O2)CC1. The van der Waals surface area contributed by atoms with Gasteiger partial charge in [0.1, 0.15) is 16.9 Å². The molecule has 30 heavy (non-hydrogen) atoms. The molecule has 1 fully saturated rings. The first kappa shape index (κ1) is 19.4. The number of aryl methyl sites for hydroxylation is 1. The van der Waals surface area contributed by atoms with Gasteiger partial charge >= 0.3 is 5.63 Å². The Labute approximate surface area is 178 Å². The van der Waals surface area contributed by atoms with Gasteiger partial charge in [0.05, 0.1) is 0 Å². The first-order valence-electron chi connectivity index (χ1n) is 11.2. The Kier molecular flexibility index (Phi) is 4.53. The van der Waals surface area contributed by atoms with E-state index in [1.165, 1.54) is 18.4 Å². The summed E-state index contributed by atoms with van der Waals surface area (Å²) in [6.07, 6.45) is 6.75. The molecule has 2 aromatic carbocycles. The lowest BCUT2D eigenvalue weighted by molar-refractivity contribution is -0.0184. The highest BCUT2D eigenvalue weighted by molar-refractivity contribution is 5.94. The van der Waals surface area contributed by atoms with Gasteiger partial charge in [-0.3, -0.25) is 0 Å². The second kappa shape index (κ2) is 7.01. The first-order chi connectivity index (χ1) is 14.3. The van der Waals surface area contributed by atoms with Gasteiger partial charge in [-0.15, -0.1) is 0 Å². The molecule has 5 rings (SSSR count). The van der Waals surface area contributed by atoms with Crippen molar-refractivity contribution in [2.24, 2.45) is 11.3 Å². The third-order valence-corrected chi connectivity index (χ3v) is 7.31. The van der Waals surface area contributed by atoms with Gasteiger partial charge in [0.2, 0.25) is 0 Å². The Bertz CT molecular complexity index is 1130. The van der Waals surface area contributed by atoms with Crippen molar-refractivity contribution in [1.82, 2.24) is 0 Å². The van der Waals surface area contributed by atoms with Crippen LogP contribution in [0.2, 0.25) is 0 Å². The molecule has 0 saturated heterocycles. The van der Waals surface area contributed by atoms with Crippen LogP contribution in [-0.4, -0.2) is 5.60 Å². The zero-order chi connectivity index (χ0) is 20.9. The third kappa shape index (κ3) is 3.45. The maximum atomic E-state index is 12.3. The summed E-state index contributed by atoms with van der Waals surface area (Å²) in [7, 11) is 0. The van der Waals surface area contributed by atoms with E-state index < -0.39 is 0 Å². The number of benzene rings is 2. The standard InChI is InChI=1S/C27H30O3/c1-26(2,3)20-10-13-27(14-11-20)12-9-19-15-22-21(18-7-5-4-6-8-18)16-25(28)29-24(22)17-23(19)30-27/h4-8,15-17,20H,9-14H2,1-3H3. The van der Waals surface area contributed by atoms with Crippen LogP contribution in [0.1, 0.15) is 58.4 Å². The average molecular weight is 403 g/mol. The maximum Gasteiger partial charge on any atom is 0.336 e. The van der Waals surface area contributed by atoms with E-state index in [9.17, 15) is 4.79 Å². The monoisotopic (exact) mass is 402 g/mol. The summed E-state index contributed by atoms with van der Waals surface area (Å²) in [5, 5.41) is 0.982. The van der Waals surface area contributed by atoms with Crippen molar-refractivity contribution in [3.8, 4) is 16.9 Å². The second-order valence-corrected chi connectivity index (χ2v) is 10.2. The fourth-order valence-electron chi connectivity index (χ4n) is 5.39. The van der Waals surface area contributed by atoms with E-state index in [0.717, 1.165) is 53.9 Å². The van der Waals surface area contributed by atoms with Gasteiger partial charge in [-0.05, 0) is 72.6 Å². The highest BCUT2D eigenvalue weighted by Crippen LogP contribution is 2.48. The summed E-state index contributed by atoms with van der Waals surface area (Å²) < 4.78 is 12.2. The topological polar surface area (TPSA) is 39.4 Å². The average Bonchev–Trinajstić information content (AvgIpc) is 2.72. The molecule has 3 heteroatoms. The summed E-state index contributed by atoms with van der Waals surface area (Å²) in [4.78, 5) is 12.3. The largest absolute Gasteiger partial charge is 0.487 e. The predicted octanol–water partition coefficient (Wildman–Crippen LogP) is 6.76. The highest BCUT2D eigenvalue weighted by Gasteiger charge is 2.42. The van der Waals surface area contributed by atoms with Gasteiger partial charge in [0.15, 0.2) is 0 Å². The number of hydrogen-bond acceptors (Lipinski definition) is 3. The van der Waals surface area contributed by atoms with Crippen LogP contribution in [0.3, 0.4) is 0 Å². The molecule has 2 heterocycles. The molecule has 3 aromatic rings. The lowest BCUT2D eigenvalue weighted by atomic mass is 9.67. The number of hydrogen-bond donors (Lipinski definition) is 0. The number of rotatable bonds is 1. The van der Waals surface area contributed by atoms with Gasteiger partial charge in [-0.2, -0.15) is 0 Å². The summed E-state index contributed by atoms with van der Waals surface area (Å²) in [5.41, 5.74) is 3.77. The van der Waals surface area contributed by atoms with Crippen LogP contribution >= 0.6 is 0 Å². The minimum absolute atomic E-state index is 0.0558. The van der Waals surface area contributed by atoms with Crippen LogP contribution in [-0.2, 0) is 6.42 Å². The molecule has 1 aliphatic heterocycles. The summed E-state index contributed by atoms with van der Waals surface area (Å²) >= 11 is 0. The fraction of sp³-hybridized carbons (Fsp3) is 0.444. The quantitative estimate of drug-likeness (QED) is 0.422. The van der Waals surface area contributed by atoms with Crippen molar-refractivity contribution in [2.45, 2.75) is 64.9 Å². The Morgan fingerprint density at radius 3 is 2.40 bits per heavy atom. The van der Waals surface area contributed by atoms with Crippen molar-refractivity contribution in [1.29, 1.82) is 0 Å². The van der Waals surface area contributed by atoms with E-state index in [4.69, 9.17) is 9.15 Å². The van der Waals surface area contributed by atoms with E-state index in [1.54, 1.807) is 6.07 Å². The van der Waals surface area contributed by atoms with E-state index in [1.807, 2.05) is 36.4 Å². The van der Waals surface area contributed by atoms with E-state index in [0.29, 0.717) is 11.0 Å². The molecule has 0 bridgehead atoms. The third-order valence-electron chi connectivity index (χ3n) is 7.31. The van der Waals surface area contributed by atoms with Crippen LogP contribution in [0, 0.1) is 11.3 Å². The molecule has 0 radical (unpaired) electrons. The molecule has 0 unspecified atom stereocenters. The molecule has 1 aliphatic carbocycles. The fourth-order valence-corrected chi connectivity index (χ4v) is 5.39. The zero-order valence-electron chi connectivity index (χ0n) is 18.2. The Balaban J connectivity index is 1.50. The predicted molar refractivity (Wildman–Crippen MR) is 121 cm³/mol. The molecule has 156 valence electrons. The minimum atomic E-state index is -0.322. The Hall–Kier alpha value is -2.55. The maximum absolute atomic E-state index is 12.3. The minimum Gasteiger partial charge on any atom is -0.487 e. The number of ether oxygens (including phenoxy) is 1. The van der Waals surface area contributed by atoms with Crippen LogP contribution in [0.15, 0.2) is 57.7 Å². The molecule has 2 aliphatic rings. The Morgan fingerprint density at radius 1 is 0.967 bits per heavy atom. The Morgan fingerprint density at radius 2 is 1.70 bits per heavy atom. The smallest absolute Gasteiger partial charge is 0.336 e. The van der Waals surface area contributed by atoms with Crippen molar-refractivity contribution >= 4 is 11.0 Å². The molecular formula is C27H30O3. The van der Waals surface area contributed by atoms with Gasteiger partial charge in [0.25, 0.3) is 0 Å². The molecule has 0 atom stereocenters. The summed E-state index contributed by atoms with van der Waals surface area (Å²) in [6.45, 7) is 7.06. The van der Waals surface area contributed by atoms with Gasteiger partial charge in [-0.1, -0.05) is 51.1 Å². The molecule has 1 spiro atoms. The molecule has 0 amide bonds. The summed E-state index contributed by atoms with van der Waals surface area (Å²) in [6, 6.07) is 15.8. The van der Waals surface area contributed by atoms with E-state index in [2.05, 4.69) is 26.8 Å². The normalized spacial score (nSPS) is 23.9. The van der Waals surface area contributed by atoms with Crippen molar-refractivity contribution in [2.75, 3.05) is 0 Å². The van der Waals surface area contributed by atoms with E-state index >= 15 is 0 Å². The van der Waals surface area contributed by atoms with Crippen molar-refractivity contribution in [3.05, 3.63) is 64.5 Å². The number of fused-ring (bicyclic) bond motifs is 2. The molecule has 3 nitrogen and oxygen atoms in total. The highest BCUT2D eigenvalue weighted by atomic mass is 16.5. The lowest BCUT2D eigenvalue weighted by Gasteiger charge is -2.46. The molecule has 1 saturated carbocycles. The second-order valence-electron chi connectivity index (χ2n) is 10.2. The summed E-state index contributed by atoms with van der Waals surface area (Å²) in [5.74, 6) is 1.66. The van der Waals surface area contributed by atoms with Crippen LogP contribution in [0.5, 0.6) is 5.75 Å². The molecule has 0 N–H and O–H groups in total. The van der Waals surface area contributed by atoms with Crippen LogP contribution < -0.4 is 10.4 Å². The van der Waals surface area contributed by atoms with Crippen molar-refractivity contribution in [3.63, 3.8) is 0 Å². The molecular weight excluding hydrogens is 372 g/mol. The van der Waals surface area contributed by atoms with Gasteiger partial charge in [0, 0.05) is 17.5 Å². The van der Waals surface area contributed by atoms with Crippen LogP contribution in [0.4, 0.5) is 0 Å². The van der Waals surface area contributed by atoms with Crippen molar-refractivity contribution < 1.29 is 9.15 Å².